The Bertz CT molecular complexity index is 1170. The topological polar surface area (TPSA) is 59.2 Å². The Balaban J connectivity index is 1.53. The van der Waals surface area contributed by atoms with Crippen molar-refractivity contribution in [3.05, 3.63) is 83.2 Å². The van der Waals surface area contributed by atoms with E-state index in [2.05, 4.69) is 28.4 Å². The molecule has 0 N–H and O–H groups in total. The van der Waals surface area contributed by atoms with Gasteiger partial charge in [-0.1, -0.05) is 73.1 Å². The first-order chi connectivity index (χ1) is 14.7. The van der Waals surface area contributed by atoms with Crippen molar-refractivity contribution in [2.75, 3.05) is 6.54 Å². The molecule has 1 amide bonds. The van der Waals surface area contributed by atoms with Gasteiger partial charge in [0, 0.05) is 6.54 Å². The predicted molar refractivity (Wildman–Crippen MR) is 118 cm³/mol. The number of carbonyl (C=O) groups is 1. The lowest BCUT2D eigenvalue weighted by Crippen LogP contribution is -2.32. The molecule has 4 aromatic rings. The largest absolute Gasteiger partial charge is 0.419 e. The predicted octanol–water partition coefficient (Wildman–Crippen LogP) is 5.52. The average Bonchev–Trinajstić information content (AvgIpc) is 3.22. The van der Waals surface area contributed by atoms with Crippen LogP contribution in [0, 0.1) is 0 Å². The molecule has 30 heavy (non-hydrogen) atoms. The van der Waals surface area contributed by atoms with Gasteiger partial charge in [0.15, 0.2) is 0 Å². The molecule has 0 bridgehead atoms. The lowest BCUT2D eigenvalue weighted by Gasteiger charge is -2.20. The minimum absolute atomic E-state index is 0.0331. The monoisotopic (exact) mass is 419 g/mol. The van der Waals surface area contributed by atoms with Crippen LogP contribution >= 0.6 is 11.6 Å². The number of benzene rings is 3. The van der Waals surface area contributed by atoms with E-state index >= 15 is 0 Å². The Hall–Kier alpha value is -3.18. The van der Waals surface area contributed by atoms with Gasteiger partial charge in [0.1, 0.15) is 0 Å². The highest BCUT2D eigenvalue weighted by Gasteiger charge is 2.19. The summed E-state index contributed by atoms with van der Waals surface area (Å²) in [6, 6.07) is 21.5. The first kappa shape index (κ1) is 20.1. The number of fused-ring (bicyclic) bond motifs is 1. The van der Waals surface area contributed by atoms with E-state index in [0.29, 0.717) is 35.3 Å². The maximum atomic E-state index is 13.1. The van der Waals surface area contributed by atoms with Crippen molar-refractivity contribution >= 4 is 28.3 Å². The highest BCUT2D eigenvalue weighted by molar-refractivity contribution is 6.33. The van der Waals surface area contributed by atoms with Crippen molar-refractivity contribution in [1.82, 2.24) is 15.1 Å². The van der Waals surface area contributed by atoms with Crippen molar-refractivity contribution in [3.8, 4) is 11.5 Å². The van der Waals surface area contributed by atoms with Gasteiger partial charge in [-0.05, 0) is 34.9 Å². The first-order valence-electron chi connectivity index (χ1n) is 9.97. The third kappa shape index (κ3) is 4.36. The van der Waals surface area contributed by atoms with Gasteiger partial charge in [-0.25, -0.2) is 0 Å². The summed E-state index contributed by atoms with van der Waals surface area (Å²) < 4.78 is 5.80. The number of carbonyl (C=O) groups excluding carboxylic acids is 1. The normalized spacial score (nSPS) is 11.0. The molecule has 0 saturated heterocycles. The van der Waals surface area contributed by atoms with Gasteiger partial charge in [0.05, 0.1) is 23.6 Å². The number of aromatic nitrogens is 2. The zero-order chi connectivity index (χ0) is 20.9. The van der Waals surface area contributed by atoms with Gasteiger partial charge < -0.3 is 9.32 Å². The van der Waals surface area contributed by atoms with Crippen LogP contribution in [-0.2, 0) is 17.8 Å². The van der Waals surface area contributed by atoms with Crippen LogP contribution in [0.25, 0.3) is 22.2 Å². The fourth-order valence-corrected chi connectivity index (χ4v) is 3.72. The molecule has 152 valence electrons. The van der Waals surface area contributed by atoms with Crippen LogP contribution in [0.15, 0.2) is 71.1 Å². The number of nitrogens with zero attached hydrogens (tertiary/aromatic N) is 3. The standard InChI is InChI=1S/C24H22ClN3O2/c1-2-14-28(16-22-26-27-24(30-22)20-12-5-6-13-21(20)25)23(29)15-18-10-7-9-17-8-3-4-11-19(17)18/h3-13H,2,14-16H2,1H3. The molecule has 5 nitrogen and oxygen atoms in total. The molecule has 0 radical (unpaired) electrons. The van der Waals surface area contributed by atoms with Crippen molar-refractivity contribution < 1.29 is 9.21 Å². The Morgan fingerprint density at radius 3 is 2.60 bits per heavy atom. The van der Waals surface area contributed by atoms with Crippen LogP contribution in [0.1, 0.15) is 24.8 Å². The Labute approximate surface area is 180 Å². The number of hydrogen-bond donors (Lipinski definition) is 0. The van der Waals surface area contributed by atoms with Crippen LogP contribution in [-0.4, -0.2) is 27.5 Å². The van der Waals surface area contributed by atoms with E-state index in [1.54, 1.807) is 11.0 Å². The fraction of sp³-hybridized carbons (Fsp3) is 0.208. The molecule has 0 spiro atoms. The summed E-state index contributed by atoms with van der Waals surface area (Å²) in [6.07, 6.45) is 1.17. The van der Waals surface area contributed by atoms with Crippen molar-refractivity contribution in [3.63, 3.8) is 0 Å². The van der Waals surface area contributed by atoms with Gasteiger partial charge >= 0.3 is 0 Å². The highest BCUT2D eigenvalue weighted by atomic mass is 35.5. The third-order valence-corrected chi connectivity index (χ3v) is 5.29. The quantitative estimate of drug-likeness (QED) is 0.395. The minimum atomic E-state index is 0.0331. The Kier molecular flexibility index (Phi) is 6.10. The van der Waals surface area contributed by atoms with Gasteiger partial charge in [-0.15, -0.1) is 10.2 Å². The molecule has 0 atom stereocenters. The molecular formula is C24H22ClN3O2. The zero-order valence-electron chi connectivity index (χ0n) is 16.7. The Morgan fingerprint density at radius 2 is 1.77 bits per heavy atom. The van der Waals surface area contributed by atoms with Crippen molar-refractivity contribution in [2.45, 2.75) is 26.3 Å². The third-order valence-electron chi connectivity index (χ3n) is 4.97. The average molecular weight is 420 g/mol. The molecule has 0 unspecified atom stereocenters. The van der Waals surface area contributed by atoms with Crippen LogP contribution in [0.4, 0.5) is 0 Å². The molecule has 1 heterocycles. The molecule has 0 aliphatic heterocycles. The Morgan fingerprint density at radius 1 is 1.00 bits per heavy atom. The summed E-state index contributed by atoms with van der Waals surface area (Å²) in [5, 5.41) is 11.0. The van der Waals surface area contributed by atoms with E-state index in [0.717, 1.165) is 22.8 Å². The summed E-state index contributed by atoms with van der Waals surface area (Å²) in [6.45, 7) is 2.93. The van der Waals surface area contributed by atoms with Crippen molar-refractivity contribution in [1.29, 1.82) is 0 Å². The zero-order valence-corrected chi connectivity index (χ0v) is 17.5. The summed E-state index contributed by atoms with van der Waals surface area (Å²) in [4.78, 5) is 14.9. The van der Waals surface area contributed by atoms with Crippen LogP contribution in [0.5, 0.6) is 0 Å². The second kappa shape index (κ2) is 9.09. The fourth-order valence-electron chi connectivity index (χ4n) is 3.51. The molecule has 4 rings (SSSR count). The molecule has 0 fully saturated rings. The van der Waals surface area contributed by atoms with Crippen LogP contribution in [0.2, 0.25) is 5.02 Å². The van der Waals surface area contributed by atoms with E-state index in [4.69, 9.17) is 16.0 Å². The van der Waals surface area contributed by atoms with E-state index in [1.807, 2.05) is 49.4 Å². The second-order valence-electron chi connectivity index (χ2n) is 7.11. The van der Waals surface area contributed by atoms with E-state index < -0.39 is 0 Å². The summed E-state index contributed by atoms with van der Waals surface area (Å²) in [5.74, 6) is 0.781. The molecule has 6 heteroatoms. The van der Waals surface area contributed by atoms with Crippen LogP contribution in [0.3, 0.4) is 0 Å². The number of amides is 1. The lowest BCUT2D eigenvalue weighted by molar-refractivity contribution is -0.131. The molecular weight excluding hydrogens is 398 g/mol. The SMILES string of the molecule is CCCN(Cc1nnc(-c2ccccc2Cl)o1)C(=O)Cc1cccc2ccccc12. The number of hydrogen-bond acceptors (Lipinski definition) is 4. The van der Waals surface area contributed by atoms with Crippen molar-refractivity contribution in [2.24, 2.45) is 0 Å². The molecule has 3 aromatic carbocycles. The van der Waals surface area contributed by atoms with E-state index in [-0.39, 0.29) is 12.5 Å². The van der Waals surface area contributed by atoms with Crippen LogP contribution < -0.4 is 0 Å². The summed E-state index contributed by atoms with van der Waals surface area (Å²) in [5.41, 5.74) is 1.70. The minimum Gasteiger partial charge on any atom is -0.419 e. The highest BCUT2D eigenvalue weighted by Crippen LogP contribution is 2.26. The number of rotatable bonds is 7. The molecule has 0 aliphatic rings. The van der Waals surface area contributed by atoms with Gasteiger partial charge in [-0.2, -0.15) is 0 Å². The molecule has 0 aliphatic carbocycles. The lowest BCUT2D eigenvalue weighted by atomic mass is 10.0. The maximum Gasteiger partial charge on any atom is 0.249 e. The summed E-state index contributed by atoms with van der Waals surface area (Å²) in [7, 11) is 0. The molecule has 0 saturated carbocycles. The second-order valence-corrected chi connectivity index (χ2v) is 7.52. The smallest absolute Gasteiger partial charge is 0.249 e. The van der Waals surface area contributed by atoms with E-state index in [9.17, 15) is 4.79 Å². The molecule has 1 aromatic heterocycles. The number of halogens is 1. The van der Waals surface area contributed by atoms with Gasteiger partial charge in [0.25, 0.3) is 0 Å². The summed E-state index contributed by atoms with van der Waals surface area (Å²) >= 11 is 6.22. The van der Waals surface area contributed by atoms with Gasteiger partial charge in [-0.3, -0.25) is 4.79 Å². The van der Waals surface area contributed by atoms with E-state index in [1.165, 1.54) is 0 Å². The first-order valence-corrected chi connectivity index (χ1v) is 10.3. The van der Waals surface area contributed by atoms with Gasteiger partial charge in [0.2, 0.25) is 17.7 Å². The maximum absolute atomic E-state index is 13.1.